The van der Waals surface area contributed by atoms with E-state index < -0.39 is 17.8 Å². The van der Waals surface area contributed by atoms with Crippen LogP contribution in [0.3, 0.4) is 0 Å². The number of tetrazole rings is 1. The molecule has 0 fully saturated rings. The van der Waals surface area contributed by atoms with Crippen molar-refractivity contribution in [3.8, 4) is 5.69 Å². The van der Waals surface area contributed by atoms with Gasteiger partial charge in [-0.1, -0.05) is 17.8 Å². The molecule has 12 heteroatoms. The Hall–Kier alpha value is -2.99. The molecule has 4 aromatic rings. The molecular weight excluding hydrogens is 437 g/mol. The first-order valence-electron chi connectivity index (χ1n) is 8.49. The molecule has 1 aromatic carbocycles. The van der Waals surface area contributed by atoms with E-state index in [9.17, 15) is 18.0 Å². The van der Waals surface area contributed by atoms with Gasteiger partial charge in [-0.25, -0.2) is 4.98 Å². The summed E-state index contributed by atoms with van der Waals surface area (Å²) in [7, 11) is 0. The van der Waals surface area contributed by atoms with Crippen molar-refractivity contribution in [1.29, 1.82) is 0 Å². The summed E-state index contributed by atoms with van der Waals surface area (Å²) in [4.78, 5) is 16.9. The summed E-state index contributed by atoms with van der Waals surface area (Å²) in [6, 6.07) is 9.20. The molecule has 154 valence electrons. The highest BCUT2D eigenvalue weighted by Crippen LogP contribution is 2.34. The number of carbonyl (C=O) groups is 1. The van der Waals surface area contributed by atoms with E-state index >= 15 is 0 Å². The number of halogens is 3. The molecule has 0 saturated heterocycles. The van der Waals surface area contributed by atoms with Crippen LogP contribution in [-0.2, 0) is 6.18 Å². The van der Waals surface area contributed by atoms with E-state index in [4.69, 9.17) is 0 Å². The third kappa shape index (κ3) is 3.75. The Bertz CT molecular complexity index is 1250. The Morgan fingerprint density at radius 1 is 1.23 bits per heavy atom. The van der Waals surface area contributed by atoms with E-state index in [0.29, 0.717) is 32.4 Å². The van der Waals surface area contributed by atoms with Gasteiger partial charge < -0.3 is 5.32 Å². The summed E-state index contributed by atoms with van der Waals surface area (Å²) in [5.41, 5.74) is 0.754. The SMILES string of the molecule is CSc1nnnn1-c1cccc(NC(=O)c2sc3nc(C(F)(F)F)ccc3c2C)c1. The number of nitrogens with zero attached hydrogens (tertiary/aromatic N) is 5. The molecule has 4 rings (SSSR count). The largest absolute Gasteiger partial charge is 0.433 e. The van der Waals surface area contributed by atoms with E-state index in [1.807, 2.05) is 6.26 Å². The van der Waals surface area contributed by atoms with Crippen molar-refractivity contribution in [2.75, 3.05) is 11.6 Å². The van der Waals surface area contributed by atoms with Crippen LogP contribution in [0.15, 0.2) is 41.6 Å². The third-order valence-electron chi connectivity index (χ3n) is 4.27. The van der Waals surface area contributed by atoms with Crippen molar-refractivity contribution in [2.45, 2.75) is 18.3 Å². The number of nitrogens with one attached hydrogen (secondary N) is 1. The lowest BCUT2D eigenvalue weighted by molar-refractivity contribution is -0.140. The summed E-state index contributed by atoms with van der Waals surface area (Å²) in [5.74, 6) is -0.428. The van der Waals surface area contributed by atoms with Crippen molar-refractivity contribution in [1.82, 2.24) is 25.2 Å². The van der Waals surface area contributed by atoms with Crippen LogP contribution in [-0.4, -0.2) is 37.4 Å². The number of fused-ring (bicyclic) bond motifs is 1. The number of benzene rings is 1. The number of aryl methyl sites for hydroxylation is 1. The standard InChI is InChI=1S/C18H13F3N6OS2/c1-9-12-6-7-13(18(19,20)21)23-16(12)30-14(9)15(28)22-10-4-3-5-11(8-10)27-17(29-2)24-25-26-27/h3-8H,1-2H3,(H,22,28). The Labute approximate surface area is 176 Å². The molecule has 0 radical (unpaired) electrons. The fraction of sp³-hybridized carbons (Fsp3) is 0.167. The number of aromatic nitrogens is 5. The van der Waals surface area contributed by atoms with Crippen LogP contribution >= 0.6 is 23.1 Å². The molecule has 30 heavy (non-hydrogen) atoms. The number of anilines is 1. The first-order chi connectivity index (χ1) is 14.3. The molecule has 0 spiro atoms. The Balaban J connectivity index is 1.64. The highest BCUT2D eigenvalue weighted by atomic mass is 32.2. The predicted molar refractivity (Wildman–Crippen MR) is 108 cm³/mol. The zero-order chi connectivity index (χ0) is 21.5. The van der Waals surface area contributed by atoms with E-state index in [-0.39, 0.29) is 4.83 Å². The van der Waals surface area contributed by atoms with Gasteiger partial charge in [-0.2, -0.15) is 17.9 Å². The van der Waals surface area contributed by atoms with Gasteiger partial charge in [0.05, 0.1) is 10.6 Å². The summed E-state index contributed by atoms with van der Waals surface area (Å²) in [6.07, 6.45) is -2.70. The van der Waals surface area contributed by atoms with Crippen LogP contribution in [0.5, 0.6) is 0 Å². The summed E-state index contributed by atoms with van der Waals surface area (Å²) >= 11 is 2.30. The topological polar surface area (TPSA) is 85.6 Å². The van der Waals surface area contributed by atoms with Gasteiger partial charge in [0.2, 0.25) is 5.16 Å². The molecule has 1 amide bonds. The maximum atomic E-state index is 12.9. The van der Waals surface area contributed by atoms with Crippen LogP contribution < -0.4 is 5.32 Å². The van der Waals surface area contributed by atoms with E-state index in [0.717, 1.165) is 17.4 Å². The zero-order valence-corrected chi connectivity index (χ0v) is 17.2. The number of thiophene rings is 1. The number of hydrogen-bond acceptors (Lipinski definition) is 7. The van der Waals surface area contributed by atoms with Crippen LogP contribution in [0.25, 0.3) is 15.9 Å². The summed E-state index contributed by atoms with van der Waals surface area (Å²) in [5, 5.41) is 15.4. The zero-order valence-electron chi connectivity index (χ0n) is 15.6. The predicted octanol–water partition coefficient (Wildman–Crippen LogP) is 4.57. The lowest BCUT2D eigenvalue weighted by Crippen LogP contribution is -2.11. The number of thioether (sulfide) groups is 1. The van der Waals surface area contributed by atoms with Gasteiger partial charge in [-0.05, 0) is 59.5 Å². The lowest BCUT2D eigenvalue weighted by atomic mass is 10.1. The van der Waals surface area contributed by atoms with Gasteiger partial charge in [0.1, 0.15) is 10.5 Å². The number of carbonyl (C=O) groups excluding carboxylic acids is 1. The first-order valence-corrected chi connectivity index (χ1v) is 10.5. The summed E-state index contributed by atoms with van der Waals surface area (Å²) in [6.45, 7) is 1.69. The second-order valence-corrected chi connectivity index (χ2v) is 7.96. The fourth-order valence-corrected chi connectivity index (χ4v) is 4.35. The van der Waals surface area contributed by atoms with Crippen LogP contribution in [0.2, 0.25) is 0 Å². The first kappa shape index (κ1) is 20.3. The van der Waals surface area contributed by atoms with Crippen molar-refractivity contribution in [3.05, 3.63) is 52.5 Å². The van der Waals surface area contributed by atoms with Gasteiger partial charge in [0.15, 0.2) is 0 Å². The van der Waals surface area contributed by atoms with Gasteiger partial charge in [-0.3, -0.25) is 4.79 Å². The highest BCUT2D eigenvalue weighted by molar-refractivity contribution is 7.98. The number of amides is 1. The van der Waals surface area contributed by atoms with Crippen LogP contribution in [0.4, 0.5) is 18.9 Å². The molecule has 3 aromatic heterocycles. The molecule has 3 heterocycles. The van der Waals surface area contributed by atoms with Gasteiger partial charge in [0.25, 0.3) is 5.91 Å². The molecule has 0 unspecified atom stereocenters. The number of hydrogen-bond donors (Lipinski definition) is 1. The molecule has 0 aliphatic heterocycles. The normalized spacial score (nSPS) is 11.8. The minimum atomic E-state index is -4.54. The average molecular weight is 450 g/mol. The molecule has 0 atom stereocenters. The summed E-state index contributed by atoms with van der Waals surface area (Å²) < 4.78 is 40.3. The molecule has 0 aliphatic rings. The monoisotopic (exact) mass is 450 g/mol. The van der Waals surface area contributed by atoms with E-state index in [1.54, 1.807) is 31.2 Å². The molecule has 0 saturated carbocycles. The minimum Gasteiger partial charge on any atom is -0.321 e. The molecular formula is C18H13F3N6OS2. The smallest absolute Gasteiger partial charge is 0.321 e. The van der Waals surface area contributed by atoms with Crippen LogP contribution in [0.1, 0.15) is 20.9 Å². The van der Waals surface area contributed by atoms with E-state index in [1.165, 1.54) is 22.5 Å². The minimum absolute atomic E-state index is 0.166. The number of alkyl halides is 3. The molecule has 0 bridgehead atoms. The lowest BCUT2D eigenvalue weighted by Gasteiger charge is -2.07. The maximum absolute atomic E-state index is 12.9. The number of rotatable bonds is 4. The second-order valence-electron chi connectivity index (χ2n) is 6.18. The van der Waals surface area contributed by atoms with Crippen molar-refractivity contribution in [3.63, 3.8) is 0 Å². The van der Waals surface area contributed by atoms with Gasteiger partial charge in [-0.15, -0.1) is 16.4 Å². The maximum Gasteiger partial charge on any atom is 0.433 e. The molecule has 7 nitrogen and oxygen atoms in total. The Kier molecular flexibility index (Phi) is 5.20. The van der Waals surface area contributed by atoms with Crippen molar-refractivity contribution in [2.24, 2.45) is 0 Å². The van der Waals surface area contributed by atoms with Crippen molar-refractivity contribution >= 4 is 44.9 Å². The second kappa shape index (κ2) is 7.69. The fourth-order valence-electron chi connectivity index (χ4n) is 2.85. The highest BCUT2D eigenvalue weighted by Gasteiger charge is 2.33. The van der Waals surface area contributed by atoms with Crippen LogP contribution in [0, 0.1) is 6.92 Å². The van der Waals surface area contributed by atoms with E-state index in [2.05, 4.69) is 25.8 Å². The quantitative estimate of drug-likeness (QED) is 0.459. The number of pyridine rings is 1. The average Bonchev–Trinajstić information content (AvgIpc) is 3.32. The third-order valence-corrected chi connectivity index (χ3v) is 6.09. The molecule has 0 aliphatic carbocycles. The van der Waals surface area contributed by atoms with Gasteiger partial charge >= 0.3 is 6.18 Å². The van der Waals surface area contributed by atoms with Crippen molar-refractivity contribution < 1.29 is 18.0 Å². The molecule has 1 N–H and O–H groups in total. The Morgan fingerprint density at radius 2 is 2.03 bits per heavy atom. The van der Waals surface area contributed by atoms with Gasteiger partial charge in [0, 0.05) is 11.1 Å². The Morgan fingerprint density at radius 3 is 2.77 bits per heavy atom.